The molecule has 0 spiro atoms. The summed E-state index contributed by atoms with van der Waals surface area (Å²) < 4.78 is 41.5. The predicted molar refractivity (Wildman–Crippen MR) is 100 cm³/mol. The van der Waals surface area contributed by atoms with Crippen LogP contribution in [0.2, 0.25) is 0 Å². The number of pyridine rings is 1. The summed E-state index contributed by atoms with van der Waals surface area (Å²) in [5.41, 5.74) is 4.29. The minimum Gasteiger partial charge on any atom is -0.383 e. The summed E-state index contributed by atoms with van der Waals surface area (Å²) in [4.78, 5) is 40.0. The number of nitrogens with zero attached hydrogens (tertiary/aromatic N) is 2. The highest BCUT2D eigenvalue weighted by molar-refractivity contribution is 6.03. The van der Waals surface area contributed by atoms with Gasteiger partial charge in [0.2, 0.25) is 11.8 Å². The fourth-order valence-corrected chi connectivity index (χ4v) is 3.81. The Morgan fingerprint density at radius 3 is 2.55 bits per heavy atom. The highest BCUT2D eigenvalue weighted by Crippen LogP contribution is 2.42. The molecule has 158 valence electrons. The topological polar surface area (TPSA) is 138 Å². The minimum absolute atomic E-state index is 0.00576. The van der Waals surface area contributed by atoms with Gasteiger partial charge in [-0.15, -0.1) is 0 Å². The molecule has 4 rings (SSSR count). The van der Waals surface area contributed by atoms with Gasteiger partial charge in [0.1, 0.15) is 11.9 Å². The lowest BCUT2D eigenvalue weighted by molar-refractivity contribution is -0.137. The lowest BCUT2D eigenvalue weighted by atomic mass is 9.83. The number of alkyl halides is 3. The largest absolute Gasteiger partial charge is 0.418 e. The van der Waals surface area contributed by atoms with Crippen molar-refractivity contribution >= 4 is 23.5 Å². The van der Waals surface area contributed by atoms with Gasteiger partial charge in [-0.2, -0.15) is 18.4 Å². The van der Waals surface area contributed by atoms with E-state index in [1.165, 1.54) is 12.1 Å². The van der Waals surface area contributed by atoms with Gasteiger partial charge in [0, 0.05) is 24.1 Å². The zero-order valence-corrected chi connectivity index (χ0v) is 15.8. The third-order valence-electron chi connectivity index (χ3n) is 5.31. The second kappa shape index (κ2) is 7.09. The van der Waals surface area contributed by atoms with Crippen LogP contribution in [0.4, 0.5) is 19.0 Å². The van der Waals surface area contributed by atoms with Crippen LogP contribution in [0.15, 0.2) is 18.2 Å². The Morgan fingerprint density at radius 1 is 1.16 bits per heavy atom. The number of piperidine rings is 1. The van der Waals surface area contributed by atoms with Crippen molar-refractivity contribution in [1.29, 1.82) is 5.26 Å². The summed E-state index contributed by atoms with van der Waals surface area (Å²) in [5.74, 6) is -2.94. The van der Waals surface area contributed by atoms with Crippen LogP contribution in [0, 0.1) is 11.3 Å². The summed E-state index contributed by atoms with van der Waals surface area (Å²) in [6, 6.07) is 4.93. The zero-order valence-electron chi connectivity index (χ0n) is 15.8. The second-order valence-electron chi connectivity index (χ2n) is 7.21. The Balaban J connectivity index is 2.01. The molecule has 11 heteroatoms. The molecule has 31 heavy (non-hydrogen) atoms. The highest BCUT2D eigenvalue weighted by atomic mass is 19.4. The summed E-state index contributed by atoms with van der Waals surface area (Å²) in [6.45, 7) is 0.101. The fraction of sp³-hybridized carbons (Fsp3) is 0.250. The van der Waals surface area contributed by atoms with Crippen molar-refractivity contribution in [2.24, 2.45) is 0 Å². The van der Waals surface area contributed by atoms with Crippen molar-refractivity contribution in [2.45, 2.75) is 31.5 Å². The smallest absolute Gasteiger partial charge is 0.383 e. The van der Waals surface area contributed by atoms with Crippen molar-refractivity contribution in [3.8, 4) is 17.3 Å². The van der Waals surface area contributed by atoms with Crippen LogP contribution in [-0.4, -0.2) is 22.7 Å². The van der Waals surface area contributed by atoms with Crippen LogP contribution in [0.3, 0.4) is 0 Å². The van der Waals surface area contributed by atoms with E-state index in [4.69, 9.17) is 11.0 Å². The van der Waals surface area contributed by atoms with Gasteiger partial charge in [-0.1, -0.05) is 0 Å². The maximum absolute atomic E-state index is 13.8. The lowest BCUT2D eigenvalue weighted by Gasteiger charge is -2.25. The molecule has 1 atom stereocenters. The third kappa shape index (κ3) is 3.46. The summed E-state index contributed by atoms with van der Waals surface area (Å²) in [6.07, 6.45) is -4.81. The summed E-state index contributed by atoms with van der Waals surface area (Å²) in [5, 5.41) is 13.8. The van der Waals surface area contributed by atoms with Crippen molar-refractivity contribution in [3.63, 3.8) is 0 Å². The van der Waals surface area contributed by atoms with Crippen LogP contribution < -0.4 is 16.4 Å². The van der Waals surface area contributed by atoms with E-state index in [9.17, 15) is 27.6 Å². The first-order valence-electron chi connectivity index (χ1n) is 9.17. The molecule has 2 aromatic rings. The Morgan fingerprint density at radius 2 is 1.90 bits per heavy atom. The molecule has 8 nitrogen and oxygen atoms in total. The number of fused-ring (bicyclic) bond motifs is 1. The van der Waals surface area contributed by atoms with E-state index in [2.05, 4.69) is 15.6 Å². The molecule has 4 N–H and O–H groups in total. The zero-order chi connectivity index (χ0) is 22.5. The van der Waals surface area contributed by atoms with E-state index in [1.807, 2.05) is 0 Å². The molecule has 1 aromatic carbocycles. The van der Waals surface area contributed by atoms with Gasteiger partial charge < -0.3 is 11.1 Å². The average Bonchev–Trinajstić information content (AvgIpc) is 3.06. The monoisotopic (exact) mass is 429 g/mol. The van der Waals surface area contributed by atoms with E-state index in [1.54, 1.807) is 6.07 Å². The van der Waals surface area contributed by atoms with E-state index in [0.717, 1.165) is 0 Å². The number of nitrogens with two attached hydrogens (primary N) is 1. The van der Waals surface area contributed by atoms with Gasteiger partial charge in [0.05, 0.1) is 22.7 Å². The lowest BCUT2D eigenvalue weighted by Crippen LogP contribution is -2.39. The van der Waals surface area contributed by atoms with E-state index in [0.29, 0.717) is 11.6 Å². The number of imide groups is 1. The molecule has 3 amide bonds. The molecule has 0 radical (unpaired) electrons. The third-order valence-corrected chi connectivity index (χ3v) is 5.31. The van der Waals surface area contributed by atoms with Gasteiger partial charge >= 0.3 is 6.18 Å². The normalized spacial score (nSPS) is 18.3. The molecule has 1 aromatic heterocycles. The SMILES string of the molecule is N#Cc1cc(C(F)(F)F)c(-c2cc3c(cc2C2CCC(=O)NC2=O)C(=O)NC3)nc1N. The van der Waals surface area contributed by atoms with Gasteiger partial charge in [-0.25, -0.2) is 4.98 Å². The number of carbonyl (C=O) groups is 3. The van der Waals surface area contributed by atoms with Gasteiger partial charge in [0.15, 0.2) is 0 Å². The molecule has 3 heterocycles. The van der Waals surface area contributed by atoms with Gasteiger partial charge in [0.25, 0.3) is 5.91 Å². The molecule has 1 unspecified atom stereocenters. The Hall–Kier alpha value is -3.94. The number of hydrogen-bond donors (Lipinski definition) is 3. The highest BCUT2D eigenvalue weighted by Gasteiger charge is 2.39. The molecule has 1 saturated heterocycles. The van der Waals surface area contributed by atoms with Gasteiger partial charge in [-0.3, -0.25) is 19.7 Å². The number of nitrogen functional groups attached to an aromatic ring is 1. The number of nitriles is 1. The molecule has 2 aliphatic rings. The van der Waals surface area contributed by atoms with Crippen molar-refractivity contribution in [1.82, 2.24) is 15.6 Å². The molecular weight excluding hydrogens is 415 g/mol. The minimum atomic E-state index is -4.86. The van der Waals surface area contributed by atoms with Crippen LogP contribution >= 0.6 is 0 Å². The fourth-order valence-electron chi connectivity index (χ4n) is 3.81. The molecular formula is C20H14F3N5O3. The number of hydrogen-bond acceptors (Lipinski definition) is 6. The molecule has 0 aliphatic carbocycles. The maximum atomic E-state index is 13.8. The van der Waals surface area contributed by atoms with Crippen LogP contribution in [0.1, 0.15) is 51.4 Å². The average molecular weight is 429 g/mol. The second-order valence-corrected chi connectivity index (χ2v) is 7.21. The Labute approximate surface area is 173 Å². The predicted octanol–water partition coefficient (Wildman–Crippen LogP) is 1.98. The van der Waals surface area contributed by atoms with Crippen LogP contribution in [0.25, 0.3) is 11.3 Å². The summed E-state index contributed by atoms with van der Waals surface area (Å²) >= 11 is 0. The standard InChI is InChI=1S/C20H14F3N5O3/c21-20(22,23)14-4-8(6-24)17(25)28-16(14)13-3-9-7-26-18(30)11(9)5-12(13)10-1-2-15(29)27-19(10)31/h3-5,10H,1-2,7H2,(H2,25,28)(H,26,30)(H,27,29,31). The van der Waals surface area contributed by atoms with E-state index in [-0.39, 0.29) is 36.1 Å². The number of benzene rings is 1. The number of carbonyl (C=O) groups excluding carboxylic acids is 3. The molecule has 1 fully saturated rings. The first kappa shape index (κ1) is 20.3. The Kier molecular flexibility index (Phi) is 4.65. The van der Waals surface area contributed by atoms with E-state index >= 15 is 0 Å². The number of halogens is 3. The first-order chi connectivity index (χ1) is 14.6. The van der Waals surface area contributed by atoms with Crippen LogP contribution in [0.5, 0.6) is 0 Å². The van der Waals surface area contributed by atoms with Crippen molar-refractivity contribution < 1.29 is 27.6 Å². The molecule has 2 aliphatic heterocycles. The van der Waals surface area contributed by atoms with E-state index < -0.39 is 52.5 Å². The number of nitrogens with one attached hydrogen (secondary N) is 2. The number of amides is 3. The number of rotatable bonds is 2. The van der Waals surface area contributed by atoms with Crippen LogP contribution in [-0.2, 0) is 22.3 Å². The number of aromatic nitrogens is 1. The Bertz CT molecular complexity index is 1200. The maximum Gasteiger partial charge on any atom is 0.418 e. The summed E-state index contributed by atoms with van der Waals surface area (Å²) in [7, 11) is 0. The first-order valence-corrected chi connectivity index (χ1v) is 9.17. The number of anilines is 1. The van der Waals surface area contributed by atoms with Crippen molar-refractivity contribution in [2.75, 3.05) is 5.73 Å². The van der Waals surface area contributed by atoms with Gasteiger partial charge in [-0.05, 0) is 35.7 Å². The van der Waals surface area contributed by atoms with Crippen molar-refractivity contribution in [3.05, 3.63) is 46.0 Å². The quantitative estimate of drug-likeness (QED) is 0.624. The molecule has 0 saturated carbocycles. The molecule has 0 bridgehead atoms.